The van der Waals surface area contributed by atoms with E-state index in [1.54, 1.807) is 18.2 Å². The molecule has 3 fully saturated rings. The Morgan fingerprint density at radius 1 is 1.19 bits per heavy atom. The van der Waals surface area contributed by atoms with Crippen molar-refractivity contribution in [3.05, 3.63) is 29.3 Å². The third-order valence-electron chi connectivity index (χ3n) is 8.71. The van der Waals surface area contributed by atoms with Crippen molar-refractivity contribution in [2.75, 3.05) is 7.11 Å². The van der Waals surface area contributed by atoms with E-state index in [9.17, 15) is 0 Å². The molecular formula is C24H36O2Si. The molecule has 2 nitrogen and oxygen atoms in total. The van der Waals surface area contributed by atoms with Crippen LogP contribution in [0.15, 0.2) is 18.2 Å². The van der Waals surface area contributed by atoms with Gasteiger partial charge in [0.25, 0.3) is 0 Å². The highest BCUT2D eigenvalue weighted by Gasteiger charge is 2.76. The lowest BCUT2D eigenvalue weighted by Gasteiger charge is -2.55. The minimum atomic E-state index is -1.52. The SMILES string of the molecule is COc1ccc2c(c1)C[C@@H](C)[C@@H]1[C@@H]2CC[C@@]2(C)[C@H]1CC1CC12O[Si](C)(C)C. The van der Waals surface area contributed by atoms with Gasteiger partial charge in [-0.15, -0.1) is 0 Å². The Bertz CT molecular complexity index is 768. The molecule has 27 heavy (non-hydrogen) atoms. The third kappa shape index (κ3) is 2.46. The third-order valence-corrected chi connectivity index (χ3v) is 9.69. The van der Waals surface area contributed by atoms with Crippen LogP contribution in [0.1, 0.15) is 56.6 Å². The van der Waals surface area contributed by atoms with Crippen LogP contribution in [0.4, 0.5) is 0 Å². The molecule has 0 N–H and O–H groups in total. The molecule has 1 aromatic rings. The topological polar surface area (TPSA) is 18.5 Å². The summed E-state index contributed by atoms with van der Waals surface area (Å²) in [5.74, 6) is 5.04. The van der Waals surface area contributed by atoms with E-state index in [-0.39, 0.29) is 5.60 Å². The molecule has 0 bridgehead atoms. The highest BCUT2D eigenvalue weighted by atomic mass is 28.4. The van der Waals surface area contributed by atoms with Crippen LogP contribution < -0.4 is 4.74 Å². The number of ether oxygens (including phenoxy) is 1. The smallest absolute Gasteiger partial charge is 0.184 e. The van der Waals surface area contributed by atoms with Crippen LogP contribution in [-0.4, -0.2) is 21.0 Å². The average Bonchev–Trinajstić information content (AvgIpc) is 3.22. The Balaban J connectivity index is 1.50. The molecule has 0 aromatic heterocycles. The van der Waals surface area contributed by atoms with Gasteiger partial charge in [-0.05, 0) is 110 Å². The number of benzene rings is 1. The standard InChI is InChI=1S/C24H36O2Si/c1-15-11-16-12-18(25-3)7-8-19(16)20-9-10-23(2)21(22(15)20)13-17-14-24(17,23)26-27(4,5)6/h7-8,12,15,17,20-22H,9-11,13-14H2,1-6H3/t15-,17?,20-,21+,22-,23+,24?/m1/s1. The number of hydrogen-bond donors (Lipinski definition) is 0. The van der Waals surface area contributed by atoms with E-state index in [4.69, 9.17) is 9.16 Å². The Labute approximate surface area is 166 Å². The molecule has 5 rings (SSSR count). The summed E-state index contributed by atoms with van der Waals surface area (Å²) in [5.41, 5.74) is 3.80. The summed E-state index contributed by atoms with van der Waals surface area (Å²) < 4.78 is 12.5. The quantitative estimate of drug-likeness (QED) is 0.593. The minimum absolute atomic E-state index is 0.229. The van der Waals surface area contributed by atoms with Crippen LogP contribution in [0.3, 0.4) is 0 Å². The van der Waals surface area contributed by atoms with Crippen LogP contribution in [0, 0.1) is 29.1 Å². The fourth-order valence-electron chi connectivity index (χ4n) is 7.74. The van der Waals surface area contributed by atoms with E-state index < -0.39 is 8.32 Å². The zero-order valence-corrected chi connectivity index (χ0v) is 19.0. The van der Waals surface area contributed by atoms with Crippen LogP contribution in [0.5, 0.6) is 5.75 Å². The maximum atomic E-state index is 6.97. The molecule has 3 saturated carbocycles. The Hall–Kier alpha value is -0.803. The number of methoxy groups -OCH3 is 1. The number of hydrogen-bond acceptors (Lipinski definition) is 2. The summed E-state index contributed by atoms with van der Waals surface area (Å²) in [5, 5.41) is 0. The Kier molecular flexibility index (Phi) is 3.80. The van der Waals surface area contributed by atoms with Gasteiger partial charge in [-0.2, -0.15) is 0 Å². The molecule has 7 atom stereocenters. The molecule has 0 heterocycles. The van der Waals surface area contributed by atoms with Gasteiger partial charge in [-0.25, -0.2) is 0 Å². The molecule has 2 unspecified atom stereocenters. The molecule has 0 radical (unpaired) electrons. The van der Waals surface area contributed by atoms with Crippen molar-refractivity contribution < 1.29 is 9.16 Å². The van der Waals surface area contributed by atoms with Gasteiger partial charge in [0.2, 0.25) is 0 Å². The Morgan fingerprint density at radius 3 is 2.67 bits per heavy atom. The maximum Gasteiger partial charge on any atom is 0.184 e. The molecule has 3 heteroatoms. The van der Waals surface area contributed by atoms with Gasteiger partial charge < -0.3 is 9.16 Å². The lowest BCUT2D eigenvalue weighted by atomic mass is 9.51. The second-order valence-electron chi connectivity index (χ2n) is 11.2. The largest absolute Gasteiger partial charge is 0.497 e. The first kappa shape index (κ1) is 18.2. The van der Waals surface area contributed by atoms with Crippen molar-refractivity contribution >= 4 is 8.32 Å². The predicted octanol–water partition coefficient (Wildman–Crippen LogP) is 6.02. The molecule has 1 aromatic carbocycles. The van der Waals surface area contributed by atoms with Gasteiger partial charge in [0, 0.05) is 0 Å². The molecule has 0 amide bonds. The van der Waals surface area contributed by atoms with Gasteiger partial charge in [0.05, 0.1) is 12.7 Å². The second-order valence-corrected chi connectivity index (χ2v) is 15.7. The molecular weight excluding hydrogens is 348 g/mol. The van der Waals surface area contributed by atoms with Crippen molar-refractivity contribution in [1.82, 2.24) is 0 Å². The van der Waals surface area contributed by atoms with Gasteiger partial charge in [0.1, 0.15) is 5.75 Å². The van der Waals surface area contributed by atoms with E-state index >= 15 is 0 Å². The highest BCUT2D eigenvalue weighted by Crippen LogP contribution is 2.76. The number of fused-ring (bicyclic) bond motifs is 7. The molecule has 4 aliphatic carbocycles. The van der Waals surface area contributed by atoms with Crippen molar-refractivity contribution in [3.8, 4) is 5.75 Å². The first-order valence-electron chi connectivity index (χ1n) is 11.1. The zero-order valence-electron chi connectivity index (χ0n) is 18.0. The molecule has 4 aliphatic rings. The monoisotopic (exact) mass is 384 g/mol. The summed E-state index contributed by atoms with van der Waals surface area (Å²) >= 11 is 0. The van der Waals surface area contributed by atoms with E-state index in [0.29, 0.717) is 5.41 Å². The van der Waals surface area contributed by atoms with Crippen LogP contribution in [0.25, 0.3) is 0 Å². The highest BCUT2D eigenvalue weighted by molar-refractivity contribution is 6.69. The summed E-state index contributed by atoms with van der Waals surface area (Å²) in [6, 6.07) is 6.86. The fourth-order valence-corrected chi connectivity index (χ4v) is 9.32. The molecule has 0 aliphatic heterocycles. The van der Waals surface area contributed by atoms with Crippen molar-refractivity contribution in [2.45, 2.75) is 77.1 Å². The summed E-state index contributed by atoms with van der Waals surface area (Å²) in [6.45, 7) is 12.3. The fraction of sp³-hybridized carbons (Fsp3) is 0.750. The number of rotatable bonds is 3. The van der Waals surface area contributed by atoms with E-state index in [0.717, 1.165) is 35.3 Å². The normalized spacial score (nSPS) is 44.7. The first-order chi connectivity index (χ1) is 12.7. The van der Waals surface area contributed by atoms with Crippen molar-refractivity contribution in [2.24, 2.45) is 29.1 Å². The second kappa shape index (κ2) is 5.63. The molecule has 0 spiro atoms. The van der Waals surface area contributed by atoms with Gasteiger partial charge >= 0.3 is 0 Å². The van der Waals surface area contributed by atoms with Crippen LogP contribution >= 0.6 is 0 Å². The molecule has 0 saturated heterocycles. The lowest BCUT2D eigenvalue weighted by molar-refractivity contribution is -0.0597. The van der Waals surface area contributed by atoms with E-state index in [2.05, 4.69) is 51.7 Å². The lowest BCUT2D eigenvalue weighted by Crippen LogP contribution is -2.52. The van der Waals surface area contributed by atoms with Gasteiger partial charge in [0.15, 0.2) is 8.32 Å². The van der Waals surface area contributed by atoms with E-state index in [1.807, 2.05) is 0 Å². The van der Waals surface area contributed by atoms with Gasteiger partial charge in [-0.3, -0.25) is 0 Å². The van der Waals surface area contributed by atoms with Crippen LogP contribution in [-0.2, 0) is 10.8 Å². The van der Waals surface area contributed by atoms with E-state index in [1.165, 1.54) is 32.1 Å². The maximum absolute atomic E-state index is 6.97. The van der Waals surface area contributed by atoms with Crippen molar-refractivity contribution in [1.29, 1.82) is 0 Å². The summed E-state index contributed by atoms with van der Waals surface area (Å²) in [7, 11) is 0.264. The van der Waals surface area contributed by atoms with Crippen molar-refractivity contribution in [3.63, 3.8) is 0 Å². The predicted molar refractivity (Wildman–Crippen MR) is 113 cm³/mol. The first-order valence-corrected chi connectivity index (χ1v) is 14.5. The summed E-state index contributed by atoms with van der Waals surface area (Å²) in [4.78, 5) is 0. The van der Waals surface area contributed by atoms with Gasteiger partial charge in [-0.1, -0.05) is 19.9 Å². The van der Waals surface area contributed by atoms with Crippen LogP contribution in [0.2, 0.25) is 19.6 Å². The Morgan fingerprint density at radius 2 is 1.96 bits per heavy atom. The zero-order chi connectivity index (χ0) is 19.2. The molecule has 148 valence electrons. The minimum Gasteiger partial charge on any atom is -0.497 e. The average molecular weight is 385 g/mol. The summed E-state index contributed by atoms with van der Waals surface area (Å²) in [6.07, 6.45) is 6.65.